The topological polar surface area (TPSA) is 64.6 Å². The molecule has 150 valence electrons. The van der Waals surface area contributed by atoms with Gasteiger partial charge in [-0.05, 0) is 44.1 Å². The molecule has 1 aromatic carbocycles. The van der Waals surface area contributed by atoms with E-state index in [4.69, 9.17) is 9.16 Å². The van der Waals surface area contributed by atoms with Gasteiger partial charge in [0.1, 0.15) is 11.0 Å². The van der Waals surface area contributed by atoms with E-state index in [0.717, 1.165) is 0 Å². The Hall–Kier alpha value is -1.31. The van der Waals surface area contributed by atoms with Gasteiger partial charge in [-0.15, -0.1) is 11.8 Å². The molecule has 2 rings (SSSR count). The van der Waals surface area contributed by atoms with E-state index in [0.29, 0.717) is 5.75 Å². The third-order valence-corrected chi connectivity index (χ3v) is 11.2. The molecular formula is C20H31NO4SSi. The summed E-state index contributed by atoms with van der Waals surface area (Å²) in [5.74, 6) is -0.0544. The zero-order valence-electron chi connectivity index (χ0n) is 17.2. The number of carbonyl (C=O) groups excluding carboxylic acids is 2. The smallest absolute Gasteiger partial charge is 0.324 e. The van der Waals surface area contributed by atoms with Crippen LogP contribution in [-0.2, 0) is 14.0 Å². The molecule has 1 heterocycles. The lowest BCUT2D eigenvalue weighted by Crippen LogP contribution is -2.62. The van der Waals surface area contributed by atoms with Crippen LogP contribution in [0.3, 0.4) is 0 Å². The molecule has 1 fully saturated rings. The molecule has 7 heteroatoms. The van der Waals surface area contributed by atoms with E-state index >= 15 is 0 Å². The number of β-lactam (4-membered cyclic amide) rings is 1. The van der Waals surface area contributed by atoms with E-state index in [2.05, 4.69) is 39.2 Å². The molecule has 1 amide bonds. The first-order valence-corrected chi connectivity index (χ1v) is 13.2. The van der Waals surface area contributed by atoms with Crippen LogP contribution < -0.4 is 10.1 Å². The maximum Gasteiger partial charge on any atom is 0.324 e. The van der Waals surface area contributed by atoms with Crippen LogP contribution in [0.1, 0.15) is 34.6 Å². The monoisotopic (exact) mass is 409 g/mol. The van der Waals surface area contributed by atoms with Crippen LogP contribution in [0.25, 0.3) is 0 Å². The van der Waals surface area contributed by atoms with E-state index < -0.39 is 13.6 Å². The van der Waals surface area contributed by atoms with Gasteiger partial charge in [-0.2, -0.15) is 0 Å². The highest BCUT2D eigenvalue weighted by molar-refractivity contribution is 8.01. The molecule has 4 atom stereocenters. The first-order chi connectivity index (χ1) is 12.4. The average molecular weight is 410 g/mol. The molecule has 1 N–H and O–H groups in total. The predicted molar refractivity (Wildman–Crippen MR) is 112 cm³/mol. The second kappa shape index (κ2) is 8.37. The molecule has 0 spiro atoms. The van der Waals surface area contributed by atoms with Gasteiger partial charge in [0.05, 0.1) is 17.4 Å². The van der Waals surface area contributed by atoms with E-state index in [-0.39, 0.29) is 34.3 Å². The van der Waals surface area contributed by atoms with Crippen LogP contribution in [0.15, 0.2) is 30.3 Å². The molecule has 0 aliphatic carbocycles. The third kappa shape index (κ3) is 5.36. The fourth-order valence-electron chi connectivity index (χ4n) is 2.62. The number of ether oxygens (including phenoxy) is 1. The lowest BCUT2D eigenvalue weighted by atomic mass is 9.96. The highest BCUT2D eigenvalue weighted by Crippen LogP contribution is 2.40. The minimum absolute atomic E-state index is 0.0117. The summed E-state index contributed by atoms with van der Waals surface area (Å²) in [6, 6.07) is 9.01. The second-order valence-electron chi connectivity index (χ2n) is 8.55. The molecule has 1 aliphatic rings. The Balaban J connectivity index is 1.94. The van der Waals surface area contributed by atoms with E-state index in [9.17, 15) is 9.59 Å². The Bertz CT molecular complexity index is 674. The maximum atomic E-state index is 12.3. The lowest BCUT2D eigenvalue weighted by Gasteiger charge is -2.45. The Morgan fingerprint density at radius 2 is 1.78 bits per heavy atom. The number of esters is 1. The average Bonchev–Trinajstić information content (AvgIpc) is 2.53. The molecule has 0 aromatic heterocycles. The highest BCUT2D eigenvalue weighted by Gasteiger charge is 2.48. The summed E-state index contributed by atoms with van der Waals surface area (Å²) in [7, 11) is -1.97. The van der Waals surface area contributed by atoms with Crippen molar-refractivity contribution in [2.45, 2.75) is 69.5 Å². The van der Waals surface area contributed by atoms with Gasteiger partial charge in [0.15, 0.2) is 8.32 Å². The third-order valence-electron chi connectivity index (χ3n) is 5.35. The first kappa shape index (κ1) is 22.0. The Labute approximate surface area is 167 Å². The Kier molecular flexibility index (Phi) is 6.81. The summed E-state index contributed by atoms with van der Waals surface area (Å²) in [6.45, 7) is 14.7. The molecule has 1 aliphatic heterocycles. The fourth-order valence-corrected chi connectivity index (χ4v) is 5.35. The highest BCUT2D eigenvalue weighted by atomic mass is 32.2. The van der Waals surface area contributed by atoms with E-state index in [1.165, 1.54) is 11.8 Å². The minimum atomic E-state index is -1.97. The number of amides is 1. The number of hydrogen-bond donors (Lipinski definition) is 1. The van der Waals surface area contributed by atoms with Crippen LogP contribution in [0, 0.1) is 5.92 Å². The van der Waals surface area contributed by atoms with Crippen LogP contribution in [0.5, 0.6) is 5.75 Å². The van der Waals surface area contributed by atoms with Crippen molar-refractivity contribution in [2.75, 3.05) is 0 Å². The zero-order chi connectivity index (χ0) is 20.4. The molecular weight excluding hydrogens is 378 g/mol. The molecule has 1 saturated heterocycles. The molecule has 0 unspecified atom stereocenters. The van der Waals surface area contributed by atoms with Gasteiger partial charge in [-0.25, -0.2) is 0 Å². The van der Waals surface area contributed by atoms with Gasteiger partial charge in [-0.3, -0.25) is 9.59 Å². The van der Waals surface area contributed by atoms with Crippen molar-refractivity contribution < 1.29 is 18.8 Å². The number of thioether (sulfide) groups is 1. The first-order valence-electron chi connectivity index (χ1n) is 9.33. The van der Waals surface area contributed by atoms with Gasteiger partial charge >= 0.3 is 5.97 Å². The van der Waals surface area contributed by atoms with Crippen molar-refractivity contribution in [3.8, 4) is 5.75 Å². The number of nitrogens with one attached hydrogen (secondary N) is 1. The molecule has 27 heavy (non-hydrogen) atoms. The summed E-state index contributed by atoms with van der Waals surface area (Å²) in [5.41, 5.74) is 0. The van der Waals surface area contributed by atoms with Crippen LogP contribution in [0.2, 0.25) is 18.1 Å². The van der Waals surface area contributed by atoms with Crippen LogP contribution in [0.4, 0.5) is 0 Å². The Morgan fingerprint density at radius 3 is 2.30 bits per heavy atom. The number of rotatable bonds is 7. The number of hydrogen-bond acceptors (Lipinski definition) is 5. The summed E-state index contributed by atoms with van der Waals surface area (Å²) in [6.07, 6.45) is -0.186. The van der Waals surface area contributed by atoms with Gasteiger partial charge in [-0.1, -0.05) is 39.0 Å². The number of para-hydroxylation sites is 1. The van der Waals surface area contributed by atoms with Crippen molar-refractivity contribution in [2.24, 2.45) is 5.92 Å². The summed E-state index contributed by atoms with van der Waals surface area (Å²) in [4.78, 5) is 24.5. The van der Waals surface area contributed by atoms with Crippen LogP contribution in [-0.4, -0.2) is 36.9 Å². The van der Waals surface area contributed by atoms with Gasteiger partial charge in [0.25, 0.3) is 0 Å². The quantitative estimate of drug-likeness (QED) is 0.316. The number of carbonyl (C=O) groups is 2. The van der Waals surface area contributed by atoms with Crippen molar-refractivity contribution in [1.82, 2.24) is 5.32 Å². The molecule has 5 nitrogen and oxygen atoms in total. The fraction of sp³-hybridized carbons (Fsp3) is 0.600. The minimum Gasteiger partial charge on any atom is -0.426 e. The van der Waals surface area contributed by atoms with Crippen molar-refractivity contribution in [1.29, 1.82) is 0 Å². The predicted octanol–water partition coefficient (Wildman–Crippen LogP) is 4.20. The van der Waals surface area contributed by atoms with E-state index in [1.807, 2.05) is 25.1 Å². The lowest BCUT2D eigenvalue weighted by molar-refractivity contribution is -0.137. The van der Waals surface area contributed by atoms with E-state index in [1.54, 1.807) is 19.1 Å². The van der Waals surface area contributed by atoms with Gasteiger partial charge < -0.3 is 14.5 Å². The summed E-state index contributed by atoms with van der Waals surface area (Å²) >= 11 is 1.42. The normalized spacial score (nSPS) is 22.4. The van der Waals surface area contributed by atoms with Crippen molar-refractivity contribution in [3.63, 3.8) is 0 Å². The summed E-state index contributed by atoms with van der Waals surface area (Å²) < 4.78 is 11.8. The summed E-state index contributed by atoms with van der Waals surface area (Å²) in [5, 5.41) is 2.45. The van der Waals surface area contributed by atoms with Gasteiger partial charge in [0, 0.05) is 0 Å². The van der Waals surface area contributed by atoms with Crippen molar-refractivity contribution >= 4 is 32.0 Å². The largest absolute Gasteiger partial charge is 0.426 e. The van der Waals surface area contributed by atoms with Gasteiger partial charge in [0.2, 0.25) is 5.91 Å². The maximum absolute atomic E-state index is 12.3. The SMILES string of the molecule is C[C@@H](S[C@@H]1NC(=O)[C@@H]1[C@@H](C)O[Si](C)(C)C(C)(C)C)C(=O)Oc1ccccc1. The van der Waals surface area contributed by atoms with Crippen molar-refractivity contribution in [3.05, 3.63) is 30.3 Å². The van der Waals surface area contributed by atoms with Crippen LogP contribution >= 0.6 is 11.8 Å². The second-order valence-corrected chi connectivity index (χ2v) is 14.8. The Morgan fingerprint density at radius 1 is 1.19 bits per heavy atom. The molecule has 0 saturated carbocycles. The standard InChI is InChI=1S/C20H31NO4SSi/c1-13(25-27(6,7)20(3,4)5)16-17(22)21-18(16)26-14(2)19(23)24-15-11-9-8-10-12-15/h8-14,16,18H,1-7H3,(H,21,22)/t13-,14-,16+,18+/m1/s1. The molecule has 1 aromatic rings. The zero-order valence-corrected chi connectivity index (χ0v) is 19.1. The number of benzene rings is 1. The molecule has 0 bridgehead atoms. The molecule has 0 radical (unpaired) electrons.